The van der Waals surface area contributed by atoms with Crippen LogP contribution in [-0.4, -0.2) is 63.2 Å². The summed E-state index contributed by atoms with van der Waals surface area (Å²) in [6.07, 6.45) is 14.8. The van der Waals surface area contributed by atoms with E-state index in [9.17, 15) is 0 Å². The molecule has 5 fully saturated rings. The number of nitrogens with one attached hydrogen (secondary N) is 1. The van der Waals surface area contributed by atoms with Crippen LogP contribution in [0.2, 0.25) is 0 Å². The molecular weight excluding hydrogens is 450 g/mol. The monoisotopic (exact) mass is 524 g/mol. The summed E-state index contributed by atoms with van der Waals surface area (Å²) in [6.45, 7) is 29.5. The molecular formula is C34H73N3. The standard InChI is InChI=1S/C11H21N.C10H19N.C5H11N.C4H10.2C2H6/c1-2-10-4-3-6-11(7-5-10)8-12-9-11;1-3-9-4-5-10(6-9)7-11(2)8-10;1-5-3-6(2)4-5;1-4(2)3;2*1-2/h10,12H,2-9H2,1H3;9H,3-8H2,1-2H3;5H,3-4H2,1-2H3;4H,1-3H3;2*1-2H3. The van der Waals surface area contributed by atoms with E-state index in [0.29, 0.717) is 0 Å². The van der Waals surface area contributed by atoms with Gasteiger partial charge in [-0.15, -0.1) is 0 Å². The number of hydrogen-bond donors (Lipinski definition) is 1. The fourth-order valence-electron chi connectivity index (χ4n) is 6.86. The average molecular weight is 524 g/mol. The van der Waals surface area contributed by atoms with E-state index in [1.165, 1.54) is 103 Å². The van der Waals surface area contributed by atoms with Gasteiger partial charge in [0.15, 0.2) is 0 Å². The van der Waals surface area contributed by atoms with Crippen LogP contribution in [-0.2, 0) is 0 Å². The lowest BCUT2D eigenvalue weighted by Gasteiger charge is -2.46. The van der Waals surface area contributed by atoms with Gasteiger partial charge in [0.1, 0.15) is 0 Å². The number of rotatable bonds is 2. The molecule has 0 radical (unpaired) electrons. The first-order chi connectivity index (χ1) is 17.6. The molecule has 37 heavy (non-hydrogen) atoms. The summed E-state index contributed by atoms with van der Waals surface area (Å²) in [7, 11) is 4.39. The van der Waals surface area contributed by atoms with E-state index in [-0.39, 0.29) is 0 Å². The second-order valence-corrected chi connectivity index (χ2v) is 13.6. The Labute approximate surface area is 236 Å². The normalized spacial score (nSPS) is 27.5. The molecule has 3 heterocycles. The van der Waals surface area contributed by atoms with Crippen LogP contribution in [0.3, 0.4) is 0 Å². The van der Waals surface area contributed by atoms with Crippen molar-refractivity contribution in [2.45, 2.75) is 133 Å². The van der Waals surface area contributed by atoms with Crippen molar-refractivity contribution >= 4 is 0 Å². The van der Waals surface area contributed by atoms with E-state index in [1.807, 2.05) is 27.7 Å². The Kier molecular flexibility index (Phi) is 19.8. The lowest BCUT2D eigenvalue weighted by atomic mass is 9.75. The van der Waals surface area contributed by atoms with E-state index >= 15 is 0 Å². The summed E-state index contributed by atoms with van der Waals surface area (Å²) >= 11 is 0. The largest absolute Gasteiger partial charge is 0.316 e. The number of hydrogen-bond acceptors (Lipinski definition) is 3. The molecule has 2 aliphatic carbocycles. The van der Waals surface area contributed by atoms with Gasteiger partial charge < -0.3 is 15.1 Å². The molecule has 5 aliphatic rings. The highest BCUT2D eigenvalue weighted by molar-refractivity contribution is 4.98. The Morgan fingerprint density at radius 3 is 1.54 bits per heavy atom. The smallest absolute Gasteiger partial charge is 0.00475 e. The molecule has 2 unspecified atom stereocenters. The van der Waals surface area contributed by atoms with Gasteiger partial charge in [0.2, 0.25) is 0 Å². The second-order valence-electron chi connectivity index (χ2n) is 13.6. The first kappa shape index (κ1) is 36.9. The fraction of sp³-hybridized carbons (Fsp3) is 1.00. The van der Waals surface area contributed by atoms with Crippen LogP contribution in [0.5, 0.6) is 0 Å². The van der Waals surface area contributed by atoms with Gasteiger partial charge in [-0.05, 0) is 87.1 Å². The minimum atomic E-state index is 0.754. The molecule has 3 heteroatoms. The zero-order valence-electron chi connectivity index (χ0n) is 28.0. The minimum Gasteiger partial charge on any atom is -0.316 e. The van der Waals surface area contributed by atoms with Crippen molar-refractivity contribution in [2.24, 2.45) is 34.5 Å². The summed E-state index contributed by atoms with van der Waals surface area (Å²) < 4.78 is 0. The second kappa shape index (κ2) is 19.9. The predicted molar refractivity (Wildman–Crippen MR) is 170 cm³/mol. The van der Waals surface area contributed by atoms with E-state index in [4.69, 9.17) is 0 Å². The zero-order valence-corrected chi connectivity index (χ0v) is 28.0. The molecule has 0 aromatic heterocycles. The molecule has 0 bridgehead atoms. The van der Waals surface area contributed by atoms with Crippen LogP contribution >= 0.6 is 0 Å². The van der Waals surface area contributed by atoms with Crippen molar-refractivity contribution in [3.05, 3.63) is 0 Å². The Bertz CT molecular complexity index is 506. The predicted octanol–water partition coefficient (Wildman–Crippen LogP) is 8.98. The molecule has 5 rings (SSSR count). The first-order valence-electron chi connectivity index (χ1n) is 16.7. The van der Waals surface area contributed by atoms with Gasteiger partial charge in [-0.2, -0.15) is 0 Å². The van der Waals surface area contributed by atoms with E-state index in [2.05, 4.69) is 70.8 Å². The van der Waals surface area contributed by atoms with Gasteiger partial charge in [-0.3, -0.25) is 0 Å². The van der Waals surface area contributed by atoms with Crippen molar-refractivity contribution in [2.75, 3.05) is 53.4 Å². The van der Waals surface area contributed by atoms with Crippen LogP contribution in [0.25, 0.3) is 0 Å². The first-order valence-corrected chi connectivity index (χ1v) is 16.7. The third kappa shape index (κ3) is 14.2. The van der Waals surface area contributed by atoms with Gasteiger partial charge in [0.05, 0.1) is 0 Å². The van der Waals surface area contributed by atoms with E-state index in [0.717, 1.165) is 34.5 Å². The topological polar surface area (TPSA) is 18.5 Å². The molecule has 1 N–H and O–H groups in total. The van der Waals surface area contributed by atoms with Crippen molar-refractivity contribution in [3.8, 4) is 0 Å². The molecule has 2 atom stereocenters. The van der Waals surface area contributed by atoms with Crippen molar-refractivity contribution in [1.29, 1.82) is 0 Å². The summed E-state index contributed by atoms with van der Waals surface area (Å²) in [6, 6.07) is 0. The van der Waals surface area contributed by atoms with Crippen LogP contribution in [0.15, 0.2) is 0 Å². The van der Waals surface area contributed by atoms with Crippen molar-refractivity contribution < 1.29 is 0 Å². The molecule has 2 spiro atoms. The SMILES string of the molecule is CC.CC.CC(C)C.CC1CN(C)C1.CCC1CCC2(C1)CN(C)C2.CCC1CCCC2(CC1)CNC2. The zero-order chi connectivity index (χ0) is 28.5. The van der Waals surface area contributed by atoms with Crippen molar-refractivity contribution in [1.82, 2.24) is 15.1 Å². The third-order valence-corrected chi connectivity index (χ3v) is 8.82. The Balaban J connectivity index is 0.000000476. The maximum atomic E-state index is 3.43. The highest BCUT2D eigenvalue weighted by Crippen LogP contribution is 2.48. The van der Waals surface area contributed by atoms with Crippen LogP contribution in [0, 0.1) is 34.5 Å². The molecule has 2 saturated carbocycles. The maximum absolute atomic E-state index is 3.43. The van der Waals surface area contributed by atoms with Gasteiger partial charge in [-0.25, -0.2) is 0 Å². The number of nitrogens with zero attached hydrogens (tertiary/aromatic N) is 2. The Morgan fingerprint density at radius 2 is 1.22 bits per heavy atom. The Morgan fingerprint density at radius 1 is 0.730 bits per heavy atom. The third-order valence-electron chi connectivity index (χ3n) is 8.82. The van der Waals surface area contributed by atoms with E-state index in [1.54, 1.807) is 0 Å². The van der Waals surface area contributed by atoms with Gasteiger partial charge in [0, 0.05) is 39.3 Å². The number of likely N-dealkylation sites (tertiary alicyclic amines) is 2. The molecule has 0 amide bonds. The molecule has 224 valence electrons. The van der Waals surface area contributed by atoms with Gasteiger partial charge >= 0.3 is 0 Å². The van der Waals surface area contributed by atoms with E-state index < -0.39 is 0 Å². The minimum absolute atomic E-state index is 0.754. The highest BCUT2D eigenvalue weighted by atomic mass is 15.2. The lowest BCUT2D eigenvalue weighted by Crippen LogP contribution is -2.53. The van der Waals surface area contributed by atoms with Crippen LogP contribution < -0.4 is 5.32 Å². The van der Waals surface area contributed by atoms with Crippen LogP contribution in [0.1, 0.15) is 133 Å². The average Bonchev–Trinajstić information content (AvgIpc) is 3.12. The fourth-order valence-corrected chi connectivity index (χ4v) is 6.86. The summed E-state index contributed by atoms with van der Waals surface area (Å²) in [5.41, 5.74) is 1.54. The van der Waals surface area contributed by atoms with Crippen molar-refractivity contribution in [3.63, 3.8) is 0 Å². The van der Waals surface area contributed by atoms with Gasteiger partial charge in [-0.1, -0.05) is 94.9 Å². The highest BCUT2D eigenvalue weighted by Gasteiger charge is 2.45. The molecule has 3 aliphatic heterocycles. The molecule has 0 aromatic rings. The molecule has 3 nitrogen and oxygen atoms in total. The maximum Gasteiger partial charge on any atom is 0.00475 e. The quantitative estimate of drug-likeness (QED) is 0.389. The molecule has 3 saturated heterocycles. The Hall–Kier alpha value is -0.120. The van der Waals surface area contributed by atoms with Gasteiger partial charge in [0.25, 0.3) is 0 Å². The lowest BCUT2D eigenvalue weighted by molar-refractivity contribution is 0.0250. The molecule has 0 aromatic carbocycles. The van der Waals surface area contributed by atoms with Crippen LogP contribution in [0.4, 0.5) is 0 Å². The summed E-state index contributed by atoms with van der Waals surface area (Å²) in [5.74, 6) is 3.91. The summed E-state index contributed by atoms with van der Waals surface area (Å²) in [4.78, 5) is 4.78. The summed E-state index contributed by atoms with van der Waals surface area (Å²) in [5, 5.41) is 3.43.